The molecule has 122 valence electrons. The van der Waals surface area contributed by atoms with E-state index in [0.717, 1.165) is 19.5 Å². The van der Waals surface area contributed by atoms with Crippen molar-refractivity contribution < 1.29 is 9.59 Å². The standard InChI is InChI=1S/C13H23N7O2/c1-9(2)3-5-20-6-4-14-13(22)10(20)7-12(21)15-8-11-16-18-19-17-11/h9-10H,3-8H2,1-2H3,(H,14,22)(H,15,21)(H,16,17,18,19). The van der Waals surface area contributed by atoms with E-state index in [-0.39, 0.29) is 24.8 Å². The Hall–Kier alpha value is -2.03. The smallest absolute Gasteiger partial charge is 0.237 e. The molecule has 0 saturated carbocycles. The van der Waals surface area contributed by atoms with Crippen molar-refractivity contribution in [2.24, 2.45) is 5.92 Å². The van der Waals surface area contributed by atoms with Crippen LogP contribution in [0.4, 0.5) is 0 Å². The molecule has 2 rings (SSSR count). The van der Waals surface area contributed by atoms with Gasteiger partial charge < -0.3 is 10.6 Å². The van der Waals surface area contributed by atoms with E-state index in [1.165, 1.54) is 0 Å². The molecule has 1 unspecified atom stereocenters. The first-order valence-corrected chi connectivity index (χ1v) is 7.57. The summed E-state index contributed by atoms with van der Waals surface area (Å²) in [5.74, 6) is 0.710. The zero-order valence-corrected chi connectivity index (χ0v) is 13.0. The van der Waals surface area contributed by atoms with Crippen LogP contribution in [0, 0.1) is 5.92 Å². The number of carbonyl (C=O) groups is 2. The van der Waals surface area contributed by atoms with Crippen LogP contribution >= 0.6 is 0 Å². The van der Waals surface area contributed by atoms with Crippen molar-refractivity contribution in [3.8, 4) is 0 Å². The Labute approximate surface area is 129 Å². The molecule has 1 aromatic rings. The molecule has 0 bridgehead atoms. The van der Waals surface area contributed by atoms with Gasteiger partial charge in [0.15, 0.2) is 5.82 Å². The van der Waals surface area contributed by atoms with Crippen LogP contribution in [-0.2, 0) is 16.1 Å². The highest BCUT2D eigenvalue weighted by Crippen LogP contribution is 2.12. The Bertz CT molecular complexity index is 489. The number of amides is 2. The van der Waals surface area contributed by atoms with Crippen molar-refractivity contribution >= 4 is 11.8 Å². The minimum absolute atomic E-state index is 0.0790. The summed E-state index contributed by atoms with van der Waals surface area (Å²) >= 11 is 0. The molecule has 9 nitrogen and oxygen atoms in total. The highest BCUT2D eigenvalue weighted by molar-refractivity contribution is 5.88. The average molecular weight is 309 g/mol. The molecule has 0 aliphatic carbocycles. The van der Waals surface area contributed by atoms with Crippen LogP contribution in [0.3, 0.4) is 0 Å². The summed E-state index contributed by atoms with van der Waals surface area (Å²) in [5.41, 5.74) is 0. The lowest BCUT2D eigenvalue weighted by Crippen LogP contribution is -2.56. The summed E-state index contributed by atoms with van der Waals surface area (Å²) in [7, 11) is 0. The number of nitrogens with one attached hydrogen (secondary N) is 3. The van der Waals surface area contributed by atoms with Gasteiger partial charge in [-0.2, -0.15) is 5.21 Å². The third-order valence-corrected chi connectivity index (χ3v) is 3.65. The molecule has 1 aliphatic heterocycles. The van der Waals surface area contributed by atoms with Crippen molar-refractivity contribution in [3.63, 3.8) is 0 Å². The number of carbonyl (C=O) groups excluding carboxylic acids is 2. The number of tetrazole rings is 1. The fraction of sp³-hybridized carbons (Fsp3) is 0.769. The van der Waals surface area contributed by atoms with Crippen LogP contribution in [0.5, 0.6) is 0 Å². The first kappa shape index (κ1) is 16.3. The predicted molar refractivity (Wildman–Crippen MR) is 78.5 cm³/mol. The number of piperazine rings is 1. The van der Waals surface area contributed by atoms with Crippen LogP contribution < -0.4 is 10.6 Å². The van der Waals surface area contributed by atoms with Crippen LogP contribution in [0.25, 0.3) is 0 Å². The van der Waals surface area contributed by atoms with Crippen LogP contribution in [0.2, 0.25) is 0 Å². The van der Waals surface area contributed by atoms with E-state index >= 15 is 0 Å². The maximum absolute atomic E-state index is 12.0. The fourth-order valence-electron chi connectivity index (χ4n) is 2.36. The zero-order chi connectivity index (χ0) is 15.9. The van der Waals surface area contributed by atoms with E-state index in [9.17, 15) is 9.59 Å². The Kier molecular flexibility index (Phi) is 5.82. The maximum Gasteiger partial charge on any atom is 0.237 e. The van der Waals surface area contributed by atoms with E-state index in [1.54, 1.807) is 0 Å². The van der Waals surface area contributed by atoms with E-state index in [2.05, 4.69) is 50.0 Å². The van der Waals surface area contributed by atoms with E-state index in [1.807, 2.05) is 0 Å². The SMILES string of the molecule is CC(C)CCN1CCNC(=O)C1CC(=O)NCc1nn[nH]n1. The number of H-pyrrole nitrogens is 1. The molecule has 9 heteroatoms. The second-order valence-electron chi connectivity index (χ2n) is 5.83. The van der Waals surface area contributed by atoms with Gasteiger partial charge in [0.2, 0.25) is 11.8 Å². The normalized spacial score (nSPS) is 19.2. The van der Waals surface area contributed by atoms with Gasteiger partial charge in [-0.25, -0.2) is 0 Å². The predicted octanol–water partition coefficient (Wildman–Crippen LogP) is -0.947. The molecule has 22 heavy (non-hydrogen) atoms. The van der Waals surface area contributed by atoms with Gasteiger partial charge in [-0.1, -0.05) is 19.1 Å². The largest absolute Gasteiger partial charge is 0.353 e. The highest BCUT2D eigenvalue weighted by Gasteiger charge is 2.31. The second kappa shape index (κ2) is 7.83. The quantitative estimate of drug-likeness (QED) is 0.598. The number of hydrogen-bond acceptors (Lipinski definition) is 6. The Morgan fingerprint density at radius 2 is 2.32 bits per heavy atom. The number of aromatic amines is 1. The van der Waals surface area contributed by atoms with E-state index < -0.39 is 6.04 Å². The second-order valence-corrected chi connectivity index (χ2v) is 5.83. The molecular formula is C13H23N7O2. The average Bonchev–Trinajstić information content (AvgIpc) is 2.99. The molecule has 1 aromatic heterocycles. The topological polar surface area (TPSA) is 116 Å². The van der Waals surface area contributed by atoms with Gasteiger partial charge in [0.25, 0.3) is 0 Å². The van der Waals surface area contributed by atoms with E-state index in [0.29, 0.717) is 18.3 Å². The van der Waals surface area contributed by atoms with Gasteiger partial charge >= 0.3 is 0 Å². The van der Waals surface area contributed by atoms with Crippen LogP contribution in [0.15, 0.2) is 0 Å². The van der Waals surface area contributed by atoms with Crippen molar-refractivity contribution in [1.29, 1.82) is 0 Å². The number of hydrogen-bond donors (Lipinski definition) is 3. The molecular weight excluding hydrogens is 286 g/mol. The summed E-state index contributed by atoms with van der Waals surface area (Å²) in [6, 6.07) is -0.405. The fourth-order valence-corrected chi connectivity index (χ4v) is 2.36. The molecule has 2 heterocycles. The molecule has 0 aromatic carbocycles. The molecule has 1 atom stereocenters. The Morgan fingerprint density at radius 3 is 3.00 bits per heavy atom. The first-order chi connectivity index (χ1) is 10.6. The minimum Gasteiger partial charge on any atom is -0.353 e. The summed E-state index contributed by atoms with van der Waals surface area (Å²) in [6.07, 6.45) is 1.15. The highest BCUT2D eigenvalue weighted by atomic mass is 16.2. The molecule has 1 aliphatic rings. The molecule has 1 fully saturated rings. The van der Waals surface area contributed by atoms with Gasteiger partial charge in [0, 0.05) is 13.1 Å². The van der Waals surface area contributed by atoms with Gasteiger partial charge in [0.05, 0.1) is 19.0 Å². The summed E-state index contributed by atoms with van der Waals surface area (Å²) in [4.78, 5) is 26.2. The summed E-state index contributed by atoms with van der Waals surface area (Å²) in [6.45, 7) is 6.75. The number of aromatic nitrogens is 4. The lowest BCUT2D eigenvalue weighted by atomic mass is 10.1. The summed E-state index contributed by atoms with van der Waals surface area (Å²) in [5, 5.41) is 18.8. The summed E-state index contributed by atoms with van der Waals surface area (Å²) < 4.78 is 0. The molecule has 0 spiro atoms. The van der Waals surface area contributed by atoms with Crippen molar-refractivity contribution in [2.45, 2.75) is 39.3 Å². The van der Waals surface area contributed by atoms with Crippen molar-refractivity contribution in [1.82, 2.24) is 36.2 Å². The molecule has 1 saturated heterocycles. The third-order valence-electron chi connectivity index (χ3n) is 3.65. The van der Waals surface area contributed by atoms with Crippen molar-refractivity contribution in [3.05, 3.63) is 5.82 Å². The van der Waals surface area contributed by atoms with Gasteiger partial charge in [-0.05, 0) is 18.9 Å². The van der Waals surface area contributed by atoms with Crippen LogP contribution in [0.1, 0.15) is 32.5 Å². The van der Waals surface area contributed by atoms with Gasteiger partial charge in [-0.3, -0.25) is 14.5 Å². The van der Waals surface area contributed by atoms with E-state index in [4.69, 9.17) is 0 Å². The van der Waals surface area contributed by atoms with Gasteiger partial charge in [-0.15, -0.1) is 10.2 Å². The molecule has 0 radical (unpaired) electrons. The van der Waals surface area contributed by atoms with Crippen LogP contribution in [-0.4, -0.2) is 63.0 Å². The maximum atomic E-state index is 12.0. The Morgan fingerprint density at radius 1 is 1.50 bits per heavy atom. The number of rotatable bonds is 7. The number of nitrogens with zero attached hydrogens (tertiary/aromatic N) is 4. The Balaban J connectivity index is 1.85. The third kappa shape index (κ3) is 4.76. The molecule has 3 N–H and O–H groups in total. The van der Waals surface area contributed by atoms with Gasteiger partial charge in [0.1, 0.15) is 0 Å². The molecule has 2 amide bonds. The van der Waals surface area contributed by atoms with Crippen molar-refractivity contribution in [2.75, 3.05) is 19.6 Å². The minimum atomic E-state index is -0.405. The lowest BCUT2D eigenvalue weighted by Gasteiger charge is -2.35. The first-order valence-electron chi connectivity index (χ1n) is 7.57. The monoisotopic (exact) mass is 309 g/mol. The lowest BCUT2D eigenvalue weighted by molar-refractivity contribution is -0.134. The zero-order valence-electron chi connectivity index (χ0n) is 13.0.